The molecule has 1 N–H and O–H groups in total. The monoisotopic (exact) mass is 312 g/mol. The number of ether oxygens (including phenoxy) is 1. The second kappa shape index (κ2) is 6.21. The predicted octanol–water partition coefficient (Wildman–Crippen LogP) is 2.22. The molecule has 7 heteroatoms. The normalized spacial score (nSPS) is 11.3. The molecule has 5 nitrogen and oxygen atoms in total. The van der Waals surface area contributed by atoms with Crippen LogP contribution < -0.4 is 9.46 Å². The van der Waals surface area contributed by atoms with Gasteiger partial charge >= 0.3 is 0 Å². The van der Waals surface area contributed by atoms with E-state index in [0.29, 0.717) is 5.75 Å². The van der Waals surface area contributed by atoms with Crippen LogP contribution in [0.4, 0.5) is 0 Å². The van der Waals surface area contributed by atoms with Gasteiger partial charge in [-0.3, -0.25) is 0 Å². The molecular weight excluding hydrogens is 300 g/mol. The Morgan fingerprint density at radius 3 is 2.65 bits per heavy atom. The molecule has 0 aliphatic carbocycles. The summed E-state index contributed by atoms with van der Waals surface area (Å²) in [4.78, 5) is 3.82. The molecule has 0 bridgehead atoms. The molecule has 0 atom stereocenters. The van der Waals surface area contributed by atoms with E-state index in [1.165, 1.54) is 25.4 Å². The topological polar surface area (TPSA) is 68.3 Å². The van der Waals surface area contributed by atoms with Crippen molar-refractivity contribution < 1.29 is 13.2 Å². The fourth-order valence-corrected chi connectivity index (χ4v) is 2.69. The molecule has 0 aliphatic rings. The molecule has 0 unspecified atom stereocenters. The number of pyridine rings is 1. The van der Waals surface area contributed by atoms with E-state index in [0.717, 1.165) is 5.56 Å². The van der Waals surface area contributed by atoms with Crippen LogP contribution in [0.2, 0.25) is 5.15 Å². The fraction of sp³-hybridized carbons (Fsp3) is 0.154. The van der Waals surface area contributed by atoms with E-state index >= 15 is 0 Å². The van der Waals surface area contributed by atoms with Crippen LogP contribution in [0, 0.1) is 0 Å². The van der Waals surface area contributed by atoms with Crippen LogP contribution in [0.3, 0.4) is 0 Å². The second-order valence-electron chi connectivity index (χ2n) is 3.95. The van der Waals surface area contributed by atoms with Crippen LogP contribution in [0.25, 0.3) is 0 Å². The van der Waals surface area contributed by atoms with Crippen molar-refractivity contribution >= 4 is 21.6 Å². The van der Waals surface area contributed by atoms with Crippen LogP contribution in [-0.2, 0) is 16.6 Å². The van der Waals surface area contributed by atoms with E-state index in [2.05, 4.69) is 9.71 Å². The zero-order chi connectivity index (χ0) is 14.6. The average Bonchev–Trinajstić information content (AvgIpc) is 2.46. The summed E-state index contributed by atoms with van der Waals surface area (Å²) in [6, 6.07) is 10.0. The SMILES string of the molecule is COc1ccccc1CNS(=O)(=O)c1ccc(Cl)nc1. The highest BCUT2D eigenvalue weighted by Gasteiger charge is 2.15. The highest BCUT2D eigenvalue weighted by Crippen LogP contribution is 2.18. The Morgan fingerprint density at radius 2 is 2.00 bits per heavy atom. The lowest BCUT2D eigenvalue weighted by molar-refractivity contribution is 0.409. The lowest BCUT2D eigenvalue weighted by atomic mass is 10.2. The Balaban J connectivity index is 2.15. The summed E-state index contributed by atoms with van der Waals surface area (Å²) in [5.74, 6) is 0.629. The highest BCUT2D eigenvalue weighted by atomic mass is 35.5. The Morgan fingerprint density at radius 1 is 1.25 bits per heavy atom. The van der Waals surface area contributed by atoms with Gasteiger partial charge in [-0.1, -0.05) is 29.8 Å². The van der Waals surface area contributed by atoms with Gasteiger partial charge < -0.3 is 4.74 Å². The molecule has 0 saturated carbocycles. The largest absolute Gasteiger partial charge is 0.496 e. The molecular formula is C13H13ClN2O3S. The maximum absolute atomic E-state index is 12.1. The van der Waals surface area contributed by atoms with Gasteiger partial charge in [-0.05, 0) is 18.2 Å². The van der Waals surface area contributed by atoms with E-state index in [1.54, 1.807) is 12.1 Å². The lowest BCUT2D eigenvalue weighted by Crippen LogP contribution is -2.23. The van der Waals surface area contributed by atoms with E-state index in [1.807, 2.05) is 12.1 Å². The zero-order valence-corrected chi connectivity index (χ0v) is 12.3. The van der Waals surface area contributed by atoms with Crippen molar-refractivity contribution in [1.82, 2.24) is 9.71 Å². The molecule has 0 radical (unpaired) electrons. The third-order valence-electron chi connectivity index (χ3n) is 2.66. The minimum atomic E-state index is -3.63. The van der Waals surface area contributed by atoms with E-state index in [9.17, 15) is 8.42 Å². The molecule has 2 aromatic rings. The molecule has 0 aliphatic heterocycles. The maximum atomic E-state index is 12.1. The van der Waals surface area contributed by atoms with Gasteiger partial charge in [0.1, 0.15) is 15.8 Å². The summed E-state index contributed by atoms with van der Waals surface area (Å²) in [6.07, 6.45) is 1.22. The van der Waals surface area contributed by atoms with E-state index < -0.39 is 10.0 Å². The van der Waals surface area contributed by atoms with Crippen molar-refractivity contribution in [3.63, 3.8) is 0 Å². The minimum Gasteiger partial charge on any atom is -0.496 e. The van der Waals surface area contributed by atoms with E-state index in [4.69, 9.17) is 16.3 Å². The molecule has 0 saturated heterocycles. The number of sulfonamides is 1. The summed E-state index contributed by atoms with van der Waals surface area (Å²) < 4.78 is 31.8. The Kier molecular flexibility index (Phi) is 4.59. The average molecular weight is 313 g/mol. The fourth-order valence-electron chi connectivity index (χ4n) is 1.63. The smallest absolute Gasteiger partial charge is 0.242 e. The molecule has 2 rings (SSSR count). The number of hydrogen-bond donors (Lipinski definition) is 1. The highest BCUT2D eigenvalue weighted by molar-refractivity contribution is 7.89. The maximum Gasteiger partial charge on any atom is 0.242 e. The van der Waals surface area contributed by atoms with Gasteiger partial charge in [0.15, 0.2) is 0 Å². The Hall–Kier alpha value is -1.63. The Labute approximate surface area is 122 Å². The lowest BCUT2D eigenvalue weighted by Gasteiger charge is -2.10. The van der Waals surface area contributed by atoms with Crippen molar-refractivity contribution in [2.24, 2.45) is 0 Å². The van der Waals surface area contributed by atoms with Crippen LogP contribution in [0.1, 0.15) is 5.56 Å². The quantitative estimate of drug-likeness (QED) is 0.860. The number of nitrogens with one attached hydrogen (secondary N) is 1. The van der Waals surface area contributed by atoms with Crippen molar-refractivity contribution in [3.05, 3.63) is 53.3 Å². The molecule has 1 aromatic heterocycles. The van der Waals surface area contributed by atoms with Gasteiger partial charge in [0.05, 0.1) is 7.11 Å². The molecule has 1 heterocycles. The van der Waals surface area contributed by atoms with Gasteiger partial charge in [-0.25, -0.2) is 18.1 Å². The number of aromatic nitrogens is 1. The Bertz CT molecular complexity index is 687. The summed E-state index contributed by atoms with van der Waals surface area (Å²) in [5, 5.41) is 0.244. The third kappa shape index (κ3) is 3.47. The first-order valence-electron chi connectivity index (χ1n) is 5.76. The van der Waals surface area contributed by atoms with Crippen LogP contribution in [0.5, 0.6) is 5.75 Å². The number of nitrogens with zero attached hydrogens (tertiary/aromatic N) is 1. The second-order valence-corrected chi connectivity index (χ2v) is 6.11. The van der Waals surface area contributed by atoms with Gasteiger partial charge in [-0.15, -0.1) is 0 Å². The number of methoxy groups -OCH3 is 1. The molecule has 20 heavy (non-hydrogen) atoms. The summed E-state index contributed by atoms with van der Waals surface area (Å²) >= 11 is 5.63. The third-order valence-corrected chi connectivity index (χ3v) is 4.27. The number of hydrogen-bond acceptors (Lipinski definition) is 4. The first-order valence-corrected chi connectivity index (χ1v) is 7.62. The molecule has 0 amide bonds. The van der Waals surface area contributed by atoms with E-state index in [-0.39, 0.29) is 16.6 Å². The number of rotatable bonds is 5. The minimum absolute atomic E-state index is 0.0665. The van der Waals surface area contributed by atoms with Gasteiger partial charge in [0, 0.05) is 18.3 Å². The van der Waals surface area contributed by atoms with Crippen molar-refractivity contribution in [3.8, 4) is 5.75 Å². The van der Waals surface area contributed by atoms with Crippen LogP contribution in [-0.4, -0.2) is 20.5 Å². The van der Waals surface area contributed by atoms with Crippen molar-refractivity contribution in [2.45, 2.75) is 11.4 Å². The molecule has 0 fully saturated rings. The molecule has 0 spiro atoms. The van der Waals surface area contributed by atoms with Crippen molar-refractivity contribution in [1.29, 1.82) is 0 Å². The number of benzene rings is 1. The first-order chi connectivity index (χ1) is 9.53. The zero-order valence-electron chi connectivity index (χ0n) is 10.7. The summed E-state index contributed by atoms with van der Waals surface area (Å²) in [5.41, 5.74) is 0.750. The van der Waals surface area contributed by atoms with Gasteiger partial charge in [-0.2, -0.15) is 0 Å². The van der Waals surface area contributed by atoms with Gasteiger partial charge in [0.2, 0.25) is 10.0 Å². The van der Waals surface area contributed by atoms with Crippen LogP contribution >= 0.6 is 11.6 Å². The number of halogens is 1. The first kappa shape index (κ1) is 14.8. The standard InChI is InChI=1S/C13H13ClN2O3S/c1-19-12-5-3-2-4-10(12)8-16-20(17,18)11-6-7-13(14)15-9-11/h2-7,9,16H,8H2,1H3. The molecule has 1 aromatic carbocycles. The summed E-state index contributed by atoms with van der Waals surface area (Å²) in [7, 11) is -2.09. The summed E-state index contributed by atoms with van der Waals surface area (Å²) in [6.45, 7) is 0.134. The number of para-hydroxylation sites is 1. The van der Waals surface area contributed by atoms with Gasteiger partial charge in [0.25, 0.3) is 0 Å². The predicted molar refractivity (Wildman–Crippen MR) is 76.3 cm³/mol. The van der Waals surface area contributed by atoms with Crippen molar-refractivity contribution in [2.75, 3.05) is 7.11 Å². The molecule has 106 valence electrons. The van der Waals surface area contributed by atoms with Crippen LogP contribution in [0.15, 0.2) is 47.5 Å².